The zero-order valence-corrected chi connectivity index (χ0v) is 10.4. The molecular weight excluding hydrogens is 258 g/mol. The van der Waals surface area contributed by atoms with E-state index in [1.165, 1.54) is 17.0 Å². The molecule has 0 saturated heterocycles. The number of aromatic nitrogens is 1. The van der Waals surface area contributed by atoms with Gasteiger partial charge in [-0.05, 0) is 18.2 Å². The van der Waals surface area contributed by atoms with Gasteiger partial charge in [0, 0.05) is 11.6 Å². The van der Waals surface area contributed by atoms with E-state index in [-0.39, 0.29) is 11.7 Å². The summed E-state index contributed by atoms with van der Waals surface area (Å²) in [5.41, 5.74) is 3.03. The molecule has 0 fully saturated rings. The van der Waals surface area contributed by atoms with Gasteiger partial charge < -0.3 is 4.42 Å². The number of para-hydroxylation sites is 1. The van der Waals surface area contributed by atoms with E-state index >= 15 is 0 Å². The van der Waals surface area contributed by atoms with Crippen LogP contribution >= 0.6 is 0 Å². The van der Waals surface area contributed by atoms with Crippen LogP contribution in [0.3, 0.4) is 0 Å². The molecule has 6 nitrogen and oxygen atoms in total. The summed E-state index contributed by atoms with van der Waals surface area (Å²) in [5, 5.41) is 0.648. The van der Waals surface area contributed by atoms with Gasteiger partial charge in [0.2, 0.25) is 0 Å². The third kappa shape index (κ3) is 1.79. The molecule has 0 aliphatic heterocycles. The highest BCUT2D eigenvalue weighted by atomic mass is 16.3. The van der Waals surface area contributed by atoms with Crippen molar-refractivity contribution in [3.8, 4) is 0 Å². The minimum absolute atomic E-state index is 0.199. The van der Waals surface area contributed by atoms with Crippen molar-refractivity contribution in [1.29, 1.82) is 0 Å². The summed E-state index contributed by atoms with van der Waals surface area (Å²) >= 11 is 0. The van der Waals surface area contributed by atoms with Crippen LogP contribution in [-0.2, 0) is 0 Å². The first-order valence-corrected chi connectivity index (χ1v) is 5.91. The predicted molar refractivity (Wildman–Crippen MR) is 72.0 cm³/mol. The summed E-state index contributed by atoms with van der Waals surface area (Å²) in [6.45, 7) is 0. The normalized spacial score (nSPS) is 10.7. The molecule has 6 heteroatoms. The van der Waals surface area contributed by atoms with E-state index < -0.39 is 5.91 Å². The maximum Gasteiger partial charge on any atom is 0.298 e. The quantitative estimate of drug-likeness (QED) is 0.419. The molecule has 0 unspecified atom stereocenters. The minimum Gasteiger partial charge on any atom is -0.459 e. The molecule has 3 aromatic rings. The van der Waals surface area contributed by atoms with Crippen molar-refractivity contribution in [3.05, 3.63) is 60.2 Å². The maximum absolute atomic E-state index is 12.4. The lowest BCUT2D eigenvalue weighted by molar-refractivity contribution is 0.0937. The monoisotopic (exact) mass is 269 g/mol. The second-order valence-electron chi connectivity index (χ2n) is 4.19. The van der Waals surface area contributed by atoms with E-state index in [1.54, 1.807) is 36.4 Å². The van der Waals surface area contributed by atoms with Gasteiger partial charge in [-0.1, -0.05) is 18.2 Å². The van der Waals surface area contributed by atoms with Crippen molar-refractivity contribution < 1.29 is 14.0 Å². The number of nitrogens with zero attached hydrogens (tertiary/aromatic N) is 1. The molecule has 0 saturated carbocycles. The molecule has 0 spiro atoms. The molecule has 3 N–H and O–H groups in total. The van der Waals surface area contributed by atoms with Crippen LogP contribution in [0, 0.1) is 0 Å². The number of amides is 1. The average molecular weight is 269 g/mol. The standard InChI is InChI=1S/C14H11N3O3/c15-16-13(18)10-8-17(11-5-2-1-4-9(10)11)14(19)12-6-3-7-20-12/h1-8H,15H2,(H,16,18). The average Bonchev–Trinajstić information content (AvgIpc) is 3.13. The van der Waals surface area contributed by atoms with Gasteiger partial charge in [-0.2, -0.15) is 0 Å². The van der Waals surface area contributed by atoms with Crippen LogP contribution in [0.15, 0.2) is 53.3 Å². The Kier molecular flexibility index (Phi) is 2.85. The van der Waals surface area contributed by atoms with E-state index in [9.17, 15) is 9.59 Å². The number of benzene rings is 1. The molecule has 3 rings (SSSR count). The van der Waals surface area contributed by atoms with Crippen molar-refractivity contribution in [2.24, 2.45) is 5.84 Å². The van der Waals surface area contributed by atoms with Gasteiger partial charge in [-0.25, -0.2) is 5.84 Å². The van der Waals surface area contributed by atoms with Crippen molar-refractivity contribution in [1.82, 2.24) is 9.99 Å². The van der Waals surface area contributed by atoms with Gasteiger partial charge in [0.05, 0.1) is 17.3 Å². The Morgan fingerprint density at radius 3 is 2.65 bits per heavy atom. The number of carbonyl (C=O) groups is 2. The Balaban J connectivity index is 2.21. The lowest BCUT2D eigenvalue weighted by Crippen LogP contribution is -2.29. The molecule has 1 amide bonds. The van der Waals surface area contributed by atoms with Crippen molar-refractivity contribution in [2.75, 3.05) is 0 Å². The van der Waals surface area contributed by atoms with Crippen LogP contribution in [0.4, 0.5) is 0 Å². The summed E-state index contributed by atoms with van der Waals surface area (Å²) in [6.07, 6.45) is 2.88. The Bertz CT molecular complexity index is 787. The number of hydrogen-bond acceptors (Lipinski definition) is 4. The number of furan rings is 1. The molecule has 0 aliphatic rings. The van der Waals surface area contributed by atoms with E-state index in [0.29, 0.717) is 16.5 Å². The first kappa shape index (κ1) is 12.2. The summed E-state index contributed by atoms with van der Waals surface area (Å²) < 4.78 is 6.47. The van der Waals surface area contributed by atoms with Crippen molar-refractivity contribution >= 4 is 22.7 Å². The van der Waals surface area contributed by atoms with E-state index in [4.69, 9.17) is 10.3 Å². The predicted octanol–water partition coefficient (Wildman–Crippen LogP) is 1.53. The van der Waals surface area contributed by atoms with Gasteiger partial charge in [0.1, 0.15) is 0 Å². The molecule has 0 bridgehead atoms. The topological polar surface area (TPSA) is 90.3 Å². The summed E-state index contributed by atoms with van der Waals surface area (Å²) in [6, 6.07) is 10.3. The Labute approximate surface area is 113 Å². The number of nitrogens with two attached hydrogens (primary N) is 1. The van der Waals surface area contributed by atoms with Crippen LogP contribution in [0.5, 0.6) is 0 Å². The Morgan fingerprint density at radius 1 is 1.15 bits per heavy atom. The first-order valence-electron chi connectivity index (χ1n) is 5.91. The molecular formula is C14H11N3O3. The zero-order chi connectivity index (χ0) is 14.1. The SMILES string of the molecule is NNC(=O)c1cn(C(=O)c2ccco2)c2ccccc12. The molecule has 100 valence electrons. The van der Waals surface area contributed by atoms with Crippen LogP contribution in [-0.4, -0.2) is 16.4 Å². The lowest BCUT2D eigenvalue weighted by atomic mass is 10.2. The molecule has 0 atom stereocenters. The Hall–Kier alpha value is -2.86. The fourth-order valence-electron chi connectivity index (χ4n) is 2.13. The van der Waals surface area contributed by atoms with Gasteiger partial charge >= 0.3 is 0 Å². The van der Waals surface area contributed by atoms with Gasteiger partial charge in [-0.15, -0.1) is 0 Å². The van der Waals surface area contributed by atoms with E-state index in [1.807, 2.05) is 0 Å². The molecule has 2 heterocycles. The maximum atomic E-state index is 12.4. The Morgan fingerprint density at radius 2 is 1.95 bits per heavy atom. The van der Waals surface area contributed by atoms with E-state index in [2.05, 4.69) is 5.43 Å². The summed E-state index contributed by atoms with van der Waals surface area (Å²) in [7, 11) is 0. The second-order valence-corrected chi connectivity index (χ2v) is 4.19. The first-order chi connectivity index (χ1) is 9.72. The highest BCUT2D eigenvalue weighted by molar-refractivity contribution is 6.10. The smallest absolute Gasteiger partial charge is 0.298 e. The second kappa shape index (κ2) is 4.67. The molecule has 20 heavy (non-hydrogen) atoms. The number of fused-ring (bicyclic) bond motifs is 1. The fraction of sp³-hybridized carbons (Fsp3) is 0. The molecule has 0 radical (unpaired) electrons. The third-order valence-corrected chi connectivity index (χ3v) is 3.04. The fourth-order valence-corrected chi connectivity index (χ4v) is 2.13. The lowest BCUT2D eigenvalue weighted by Gasteiger charge is -2.00. The number of carbonyl (C=O) groups excluding carboxylic acids is 2. The van der Waals surface area contributed by atoms with Crippen LogP contribution in [0.2, 0.25) is 0 Å². The number of rotatable bonds is 2. The largest absolute Gasteiger partial charge is 0.459 e. The van der Waals surface area contributed by atoms with Crippen LogP contribution in [0.25, 0.3) is 10.9 Å². The van der Waals surface area contributed by atoms with Gasteiger partial charge in [0.25, 0.3) is 11.8 Å². The minimum atomic E-state index is -0.452. The number of hydrogen-bond donors (Lipinski definition) is 2. The summed E-state index contributed by atoms with van der Waals surface area (Å²) in [4.78, 5) is 24.1. The van der Waals surface area contributed by atoms with E-state index in [0.717, 1.165) is 0 Å². The number of nitrogen functional groups attached to an aromatic ring is 1. The van der Waals surface area contributed by atoms with Gasteiger partial charge in [-0.3, -0.25) is 19.6 Å². The molecule has 1 aromatic carbocycles. The van der Waals surface area contributed by atoms with Crippen LogP contribution in [0.1, 0.15) is 20.9 Å². The number of nitrogens with one attached hydrogen (secondary N) is 1. The van der Waals surface area contributed by atoms with Gasteiger partial charge in [0.15, 0.2) is 5.76 Å². The molecule has 2 aromatic heterocycles. The summed E-state index contributed by atoms with van der Waals surface area (Å²) in [5.74, 6) is 4.57. The molecule has 0 aliphatic carbocycles. The third-order valence-electron chi connectivity index (χ3n) is 3.04. The highest BCUT2D eigenvalue weighted by Crippen LogP contribution is 2.22. The highest BCUT2D eigenvalue weighted by Gasteiger charge is 2.19. The van der Waals surface area contributed by atoms with Crippen molar-refractivity contribution in [3.63, 3.8) is 0 Å². The van der Waals surface area contributed by atoms with Crippen LogP contribution < -0.4 is 11.3 Å². The number of hydrazine groups is 1. The van der Waals surface area contributed by atoms with Crippen molar-refractivity contribution in [2.45, 2.75) is 0 Å². The zero-order valence-electron chi connectivity index (χ0n) is 10.4.